The molecule has 0 aromatic heterocycles. The van der Waals surface area contributed by atoms with E-state index >= 15 is 0 Å². The van der Waals surface area contributed by atoms with Crippen molar-refractivity contribution in [1.29, 1.82) is 0 Å². The Morgan fingerprint density at radius 1 is 0.605 bits per heavy atom. The summed E-state index contributed by atoms with van der Waals surface area (Å²) in [7, 11) is 0. The molecule has 0 radical (unpaired) electrons. The van der Waals surface area contributed by atoms with Crippen molar-refractivity contribution in [2.45, 2.75) is 117 Å². The van der Waals surface area contributed by atoms with Gasteiger partial charge >= 0.3 is 12.3 Å². The molecule has 2 aromatic carbocycles. The van der Waals surface area contributed by atoms with Crippen LogP contribution in [0, 0.1) is 0 Å². The summed E-state index contributed by atoms with van der Waals surface area (Å²) in [6, 6.07) is 9.15. The normalized spacial score (nSPS) is 10.9. The van der Waals surface area contributed by atoms with Crippen LogP contribution in [0.5, 0.6) is 11.5 Å². The van der Waals surface area contributed by atoms with E-state index in [1.165, 1.54) is 51.4 Å². The fourth-order valence-corrected chi connectivity index (χ4v) is 4.50. The van der Waals surface area contributed by atoms with Gasteiger partial charge in [-0.1, -0.05) is 122 Å². The second kappa shape index (κ2) is 19.3. The summed E-state index contributed by atoms with van der Waals surface area (Å²) >= 11 is 0. The number of carbonyl (C=O) groups is 2. The highest BCUT2D eigenvalue weighted by Crippen LogP contribution is 2.37. The minimum atomic E-state index is -0.717. The van der Waals surface area contributed by atoms with E-state index < -0.39 is 12.3 Å². The van der Waals surface area contributed by atoms with Crippen LogP contribution in [0.3, 0.4) is 0 Å². The van der Waals surface area contributed by atoms with Gasteiger partial charge in [-0.15, -0.1) is 0 Å². The molecule has 0 aliphatic carbocycles. The summed E-state index contributed by atoms with van der Waals surface area (Å²) in [6.45, 7) is 7.07. The molecule has 0 saturated heterocycles. The highest BCUT2D eigenvalue weighted by Gasteiger charge is 2.19. The fraction of sp³-hybridized carbons (Fsp3) is 0.625. The molecule has 0 saturated carbocycles. The van der Waals surface area contributed by atoms with Crippen LogP contribution in [0.4, 0.5) is 9.59 Å². The molecule has 0 atom stereocenters. The van der Waals surface area contributed by atoms with Crippen molar-refractivity contribution in [2.24, 2.45) is 0 Å². The van der Waals surface area contributed by atoms with Crippen molar-refractivity contribution >= 4 is 23.1 Å². The van der Waals surface area contributed by atoms with Crippen LogP contribution >= 0.6 is 0 Å². The largest absolute Gasteiger partial charge is 0.513 e. The van der Waals surface area contributed by atoms with Gasteiger partial charge < -0.3 is 18.9 Å². The predicted molar refractivity (Wildman–Crippen MR) is 153 cm³/mol. The van der Waals surface area contributed by atoms with E-state index in [0.717, 1.165) is 44.1 Å². The van der Waals surface area contributed by atoms with Crippen molar-refractivity contribution in [3.05, 3.63) is 35.9 Å². The topological polar surface area (TPSA) is 71.1 Å². The van der Waals surface area contributed by atoms with Crippen LogP contribution in [-0.2, 0) is 15.9 Å². The molecule has 2 rings (SSSR count). The van der Waals surface area contributed by atoms with E-state index in [-0.39, 0.29) is 0 Å². The van der Waals surface area contributed by atoms with Gasteiger partial charge in [0.1, 0.15) is 11.5 Å². The fourth-order valence-electron chi connectivity index (χ4n) is 4.50. The Morgan fingerprint density at radius 3 is 1.61 bits per heavy atom. The molecule has 6 heteroatoms. The van der Waals surface area contributed by atoms with Gasteiger partial charge in [-0.05, 0) is 30.9 Å². The van der Waals surface area contributed by atoms with Gasteiger partial charge in [-0.3, -0.25) is 0 Å². The van der Waals surface area contributed by atoms with Crippen LogP contribution in [0.15, 0.2) is 30.3 Å². The van der Waals surface area contributed by atoms with Crippen LogP contribution in [0.2, 0.25) is 0 Å². The van der Waals surface area contributed by atoms with Crippen LogP contribution in [0.25, 0.3) is 10.8 Å². The zero-order chi connectivity index (χ0) is 27.4. The third-order valence-electron chi connectivity index (χ3n) is 6.73. The molecule has 0 N–H and O–H groups in total. The molecule has 0 amide bonds. The molecule has 0 unspecified atom stereocenters. The van der Waals surface area contributed by atoms with Gasteiger partial charge in [-0.25, -0.2) is 9.59 Å². The Morgan fingerprint density at radius 2 is 1.08 bits per heavy atom. The van der Waals surface area contributed by atoms with Gasteiger partial charge in [0.15, 0.2) is 0 Å². The van der Waals surface area contributed by atoms with E-state index in [1.54, 1.807) is 6.07 Å². The number of hydrogen-bond acceptors (Lipinski definition) is 6. The first kappa shape index (κ1) is 31.5. The Labute approximate surface area is 229 Å². The molecule has 0 fully saturated rings. The van der Waals surface area contributed by atoms with Crippen molar-refractivity contribution in [1.82, 2.24) is 0 Å². The summed E-state index contributed by atoms with van der Waals surface area (Å²) in [5.41, 5.74) is 0.756. The molecule has 0 spiro atoms. The maximum atomic E-state index is 12.5. The molecular formula is C32H48O6. The van der Waals surface area contributed by atoms with Gasteiger partial charge in [0.2, 0.25) is 0 Å². The van der Waals surface area contributed by atoms with Crippen molar-refractivity contribution in [3.63, 3.8) is 0 Å². The van der Waals surface area contributed by atoms with Gasteiger partial charge in [0.05, 0.1) is 13.2 Å². The SMILES string of the molecule is CCCCCCCCCOC(=O)Oc1cc(CC)c(OC(=O)OCCCCCCCCC)c2ccccc12. The Kier molecular flexibility index (Phi) is 16.0. The molecule has 6 nitrogen and oxygen atoms in total. The molecule has 0 aliphatic heterocycles. The second-order valence-electron chi connectivity index (χ2n) is 9.91. The first-order valence-corrected chi connectivity index (χ1v) is 14.8. The summed E-state index contributed by atoms with van der Waals surface area (Å²) in [4.78, 5) is 24.8. The quantitative estimate of drug-likeness (QED) is 0.103. The average molecular weight is 529 g/mol. The van der Waals surface area contributed by atoms with Gasteiger partial charge in [-0.2, -0.15) is 0 Å². The van der Waals surface area contributed by atoms with Gasteiger partial charge in [0.25, 0.3) is 0 Å². The average Bonchev–Trinajstić information content (AvgIpc) is 2.92. The Hall–Kier alpha value is -2.76. The third-order valence-corrected chi connectivity index (χ3v) is 6.73. The maximum Gasteiger partial charge on any atom is 0.513 e. The summed E-state index contributed by atoms with van der Waals surface area (Å²) < 4.78 is 21.9. The number of aryl methyl sites for hydroxylation is 1. The number of rotatable bonds is 19. The second-order valence-corrected chi connectivity index (χ2v) is 9.91. The molecule has 212 valence electrons. The highest BCUT2D eigenvalue weighted by atomic mass is 16.7. The van der Waals surface area contributed by atoms with Crippen molar-refractivity contribution < 1.29 is 28.5 Å². The van der Waals surface area contributed by atoms with E-state index in [2.05, 4.69) is 13.8 Å². The standard InChI is InChI=1S/C32H48O6/c1-4-7-9-11-13-15-19-23-35-31(33)37-29-25-26(6-3)30(28-22-18-17-21-27(28)29)38-32(34)36-24-20-16-14-12-10-8-5-2/h17-18,21-22,25H,4-16,19-20,23-24H2,1-3H3. The lowest BCUT2D eigenvalue weighted by Crippen LogP contribution is -2.14. The molecule has 0 bridgehead atoms. The smallest absolute Gasteiger partial charge is 0.434 e. The zero-order valence-corrected chi connectivity index (χ0v) is 23.9. The highest BCUT2D eigenvalue weighted by molar-refractivity contribution is 5.96. The van der Waals surface area contributed by atoms with Gasteiger partial charge in [0, 0.05) is 10.8 Å². The Bertz CT molecular complexity index is 954. The first-order chi connectivity index (χ1) is 18.6. The Balaban J connectivity index is 1.90. The molecular weight excluding hydrogens is 480 g/mol. The lowest BCUT2D eigenvalue weighted by molar-refractivity contribution is 0.0955. The minimum Gasteiger partial charge on any atom is -0.434 e. The van der Waals surface area contributed by atoms with E-state index in [1.807, 2.05) is 31.2 Å². The number of unbranched alkanes of at least 4 members (excludes halogenated alkanes) is 12. The molecule has 38 heavy (non-hydrogen) atoms. The summed E-state index contributed by atoms with van der Waals surface area (Å²) in [5, 5.41) is 1.36. The van der Waals surface area contributed by atoms with E-state index in [9.17, 15) is 9.59 Å². The van der Waals surface area contributed by atoms with Crippen LogP contribution < -0.4 is 9.47 Å². The first-order valence-electron chi connectivity index (χ1n) is 14.8. The van der Waals surface area contributed by atoms with E-state index in [4.69, 9.17) is 18.9 Å². The number of ether oxygens (including phenoxy) is 4. The lowest BCUT2D eigenvalue weighted by Gasteiger charge is -2.15. The predicted octanol–water partition coefficient (Wildman–Crippen LogP) is 9.93. The van der Waals surface area contributed by atoms with Crippen LogP contribution in [0.1, 0.15) is 116 Å². The number of hydrogen-bond donors (Lipinski definition) is 0. The van der Waals surface area contributed by atoms with E-state index in [0.29, 0.717) is 41.9 Å². The zero-order valence-electron chi connectivity index (χ0n) is 23.9. The minimum absolute atomic E-state index is 0.344. The van der Waals surface area contributed by atoms with Crippen molar-refractivity contribution in [3.8, 4) is 11.5 Å². The molecule has 0 heterocycles. The maximum absolute atomic E-state index is 12.5. The number of carbonyl (C=O) groups excluding carboxylic acids is 2. The molecule has 0 aliphatic rings. The number of benzene rings is 2. The monoisotopic (exact) mass is 528 g/mol. The molecule has 2 aromatic rings. The lowest BCUT2D eigenvalue weighted by atomic mass is 10.0. The summed E-state index contributed by atoms with van der Waals surface area (Å²) in [6.07, 6.45) is 15.2. The summed E-state index contributed by atoms with van der Waals surface area (Å²) in [5.74, 6) is 0.835. The van der Waals surface area contributed by atoms with Crippen molar-refractivity contribution in [2.75, 3.05) is 13.2 Å². The van der Waals surface area contributed by atoms with Crippen LogP contribution in [-0.4, -0.2) is 25.5 Å². The third kappa shape index (κ3) is 11.7. The number of fused-ring (bicyclic) bond motifs is 1.